The molecule has 4 rings (SSSR count). The summed E-state index contributed by atoms with van der Waals surface area (Å²) in [6.45, 7) is 0. The van der Waals surface area contributed by atoms with Crippen LogP contribution < -0.4 is 4.74 Å². The molecule has 4 aromatic rings. The van der Waals surface area contributed by atoms with Crippen molar-refractivity contribution < 1.29 is 13.5 Å². The van der Waals surface area contributed by atoms with E-state index in [0.29, 0.717) is 11.5 Å². The molecule has 0 aliphatic carbocycles. The van der Waals surface area contributed by atoms with Crippen molar-refractivity contribution >= 4 is 5.78 Å². The predicted molar refractivity (Wildman–Crippen MR) is 87.1 cm³/mol. The molecule has 0 aliphatic heterocycles. The van der Waals surface area contributed by atoms with Gasteiger partial charge in [-0.1, -0.05) is 12.1 Å². The summed E-state index contributed by atoms with van der Waals surface area (Å²) in [4.78, 5) is 12.2. The highest BCUT2D eigenvalue weighted by Crippen LogP contribution is 2.24. The first-order valence-electron chi connectivity index (χ1n) is 7.50. The van der Waals surface area contributed by atoms with Crippen molar-refractivity contribution in [2.24, 2.45) is 0 Å². The first-order chi connectivity index (χ1) is 12.2. The summed E-state index contributed by atoms with van der Waals surface area (Å²) in [7, 11) is 0. The van der Waals surface area contributed by atoms with Crippen molar-refractivity contribution in [1.29, 1.82) is 0 Å². The van der Waals surface area contributed by atoms with Gasteiger partial charge in [-0.15, -0.1) is 0 Å². The second-order valence-corrected chi connectivity index (χ2v) is 5.34. The summed E-state index contributed by atoms with van der Waals surface area (Å²) >= 11 is 0. The predicted octanol–water partition coefficient (Wildman–Crippen LogP) is 3.98. The quantitative estimate of drug-likeness (QED) is 0.565. The average Bonchev–Trinajstić information content (AvgIpc) is 3.06. The number of benzene rings is 1. The van der Waals surface area contributed by atoms with Gasteiger partial charge in [0.15, 0.2) is 0 Å². The zero-order valence-corrected chi connectivity index (χ0v) is 12.9. The van der Waals surface area contributed by atoms with Crippen LogP contribution in [0.1, 0.15) is 12.1 Å². The van der Waals surface area contributed by atoms with Gasteiger partial charge in [0.25, 0.3) is 6.36 Å². The summed E-state index contributed by atoms with van der Waals surface area (Å²) in [5.74, 6) is 0.401. The van der Waals surface area contributed by atoms with Crippen LogP contribution in [0.2, 0.25) is 0 Å². The van der Waals surface area contributed by atoms with Crippen molar-refractivity contribution in [2.45, 2.75) is 6.36 Å². The van der Waals surface area contributed by atoms with Crippen LogP contribution in [0.15, 0.2) is 67.4 Å². The largest absolute Gasteiger partial charge is 0.454 e. The number of fused-ring (bicyclic) bond motifs is 1. The Labute approximate surface area is 141 Å². The van der Waals surface area contributed by atoms with Crippen LogP contribution in [-0.2, 0) is 0 Å². The van der Waals surface area contributed by atoms with Gasteiger partial charge < -0.3 is 4.74 Å². The lowest BCUT2D eigenvalue weighted by Crippen LogP contribution is -2.01. The molecule has 3 heterocycles. The highest BCUT2D eigenvalue weighted by atomic mass is 19.1. The van der Waals surface area contributed by atoms with Crippen LogP contribution >= 0.6 is 0 Å². The number of pyridine rings is 1. The van der Waals surface area contributed by atoms with Crippen molar-refractivity contribution in [3.8, 4) is 16.9 Å². The molecule has 7 heteroatoms. The van der Waals surface area contributed by atoms with E-state index in [4.69, 9.17) is 4.74 Å². The third-order valence-corrected chi connectivity index (χ3v) is 3.63. The van der Waals surface area contributed by atoms with Crippen LogP contribution in [0.25, 0.3) is 16.9 Å². The third kappa shape index (κ3) is 3.16. The van der Waals surface area contributed by atoms with E-state index in [0.717, 1.165) is 11.1 Å². The number of imidazole rings is 1. The number of hydrogen-bond donors (Lipinski definition) is 0. The fraction of sp³-hybridized carbons (Fsp3) is 0.0556. The maximum atomic E-state index is 14.3. The number of alkyl halides is 1. The van der Waals surface area contributed by atoms with Gasteiger partial charge in [0, 0.05) is 36.5 Å². The van der Waals surface area contributed by atoms with E-state index in [1.807, 2.05) is 0 Å². The topological polar surface area (TPSA) is 52.3 Å². The Kier molecular flexibility index (Phi) is 3.81. The van der Waals surface area contributed by atoms with E-state index in [1.54, 1.807) is 41.1 Å². The molecule has 0 radical (unpaired) electrons. The van der Waals surface area contributed by atoms with Crippen LogP contribution in [0.4, 0.5) is 8.78 Å². The van der Waals surface area contributed by atoms with Gasteiger partial charge in [0.1, 0.15) is 17.3 Å². The number of halogens is 2. The lowest BCUT2D eigenvalue weighted by molar-refractivity contribution is 0.0634. The zero-order chi connectivity index (χ0) is 17.2. The molecule has 0 amide bonds. The minimum Gasteiger partial charge on any atom is -0.454 e. The maximum Gasteiger partial charge on any atom is 0.282 e. The smallest absolute Gasteiger partial charge is 0.282 e. The van der Waals surface area contributed by atoms with Crippen LogP contribution in [0, 0.1) is 5.82 Å². The van der Waals surface area contributed by atoms with E-state index >= 15 is 0 Å². The Bertz CT molecular complexity index is 1000. The first-order valence-corrected chi connectivity index (χ1v) is 7.50. The second-order valence-electron chi connectivity index (χ2n) is 5.34. The summed E-state index contributed by atoms with van der Waals surface area (Å²) in [6, 6.07) is 9.18. The lowest BCUT2D eigenvalue weighted by Gasteiger charge is -2.07. The number of rotatable bonds is 4. The summed E-state index contributed by atoms with van der Waals surface area (Å²) in [5, 5.41) is 0. The molecule has 5 nitrogen and oxygen atoms in total. The summed E-state index contributed by atoms with van der Waals surface area (Å²) in [5.41, 5.74) is 1.68. The Hall–Kier alpha value is -3.35. The highest BCUT2D eigenvalue weighted by molar-refractivity contribution is 5.62. The Morgan fingerprint density at radius 3 is 2.48 bits per heavy atom. The number of nitrogens with zero attached hydrogens (tertiary/aromatic N) is 4. The Morgan fingerprint density at radius 1 is 0.960 bits per heavy atom. The molecule has 0 spiro atoms. The second kappa shape index (κ2) is 6.27. The van der Waals surface area contributed by atoms with Gasteiger partial charge in [-0.25, -0.2) is 14.4 Å². The first kappa shape index (κ1) is 15.2. The maximum absolute atomic E-state index is 14.3. The fourth-order valence-corrected chi connectivity index (χ4v) is 2.40. The minimum atomic E-state index is -1.72. The Balaban J connectivity index is 1.62. The van der Waals surface area contributed by atoms with Gasteiger partial charge in [0.05, 0.1) is 0 Å². The van der Waals surface area contributed by atoms with Crippen molar-refractivity contribution in [3.63, 3.8) is 0 Å². The van der Waals surface area contributed by atoms with E-state index in [-0.39, 0.29) is 11.5 Å². The number of ether oxygens (including phenoxy) is 1. The van der Waals surface area contributed by atoms with Gasteiger partial charge in [-0.3, -0.25) is 9.38 Å². The zero-order valence-electron chi connectivity index (χ0n) is 12.9. The van der Waals surface area contributed by atoms with Crippen molar-refractivity contribution in [1.82, 2.24) is 19.4 Å². The molecule has 0 saturated carbocycles. The minimum absolute atomic E-state index is 0.112. The SMILES string of the molecule is Fc1ccc(-c2cnc3nc(C(F)Oc4ccncc4)cn3c2)cc1. The third-order valence-electron chi connectivity index (χ3n) is 3.63. The molecule has 3 aromatic heterocycles. The van der Waals surface area contributed by atoms with Crippen molar-refractivity contribution in [3.05, 3.63) is 78.9 Å². The molecule has 1 atom stereocenters. The van der Waals surface area contributed by atoms with Gasteiger partial charge in [-0.2, -0.15) is 4.39 Å². The molecule has 0 fully saturated rings. The van der Waals surface area contributed by atoms with E-state index in [9.17, 15) is 8.78 Å². The molecule has 25 heavy (non-hydrogen) atoms. The standard InChI is InChI=1S/C18H12F2N4O/c19-14-3-1-12(2-4-14)13-9-22-18-23-16(11-24(18)10-13)17(20)25-15-5-7-21-8-6-15/h1-11,17H. The van der Waals surface area contributed by atoms with Crippen molar-refractivity contribution in [2.75, 3.05) is 0 Å². The molecule has 0 saturated heterocycles. The average molecular weight is 338 g/mol. The number of aromatic nitrogens is 4. The van der Waals surface area contributed by atoms with E-state index < -0.39 is 6.36 Å². The molecule has 0 aliphatic rings. The van der Waals surface area contributed by atoms with E-state index in [1.165, 1.54) is 30.7 Å². The molecule has 1 aromatic carbocycles. The van der Waals surface area contributed by atoms with Gasteiger partial charge in [-0.05, 0) is 29.8 Å². The lowest BCUT2D eigenvalue weighted by atomic mass is 10.1. The van der Waals surface area contributed by atoms with Gasteiger partial charge >= 0.3 is 0 Å². The molecular formula is C18H12F2N4O. The summed E-state index contributed by atoms with van der Waals surface area (Å²) < 4.78 is 34.2. The molecular weight excluding hydrogens is 326 g/mol. The van der Waals surface area contributed by atoms with Gasteiger partial charge in [0.2, 0.25) is 5.78 Å². The van der Waals surface area contributed by atoms with Crippen LogP contribution in [-0.4, -0.2) is 19.4 Å². The molecule has 124 valence electrons. The molecule has 0 bridgehead atoms. The van der Waals surface area contributed by atoms with Crippen LogP contribution in [0.5, 0.6) is 5.75 Å². The molecule has 0 N–H and O–H groups in total. The Morgan fingerprint density at radius 2 is 1.72 bits per heavy atom. The molecule has 1 unspecified atom stereocenters. The number of hydrogen-bond acceptors (Lipinski definition) is 4. The normalized spacial score (nSPS) is 12.2. The van der Waals surface area contributed by atoms with Crippen LogP contribution in [0.3, 0.4) is 0 Å². The summed E-state index contributed by atoms with van der Waals surface area (Å²) in [6.07, 6.45) is 6.19. The fourth-order valence-electron chi connectivity index (χ4n) is 2.40. The monoisotopic (exact) mass is 338 g/mol. The highest BCUT2D eigenvalue weighted by Gasteiger charge is 2.16. The van der Waals surface area contributed by atoms with E-state index in [2.05, 4.69) is 15.0 Å².